The first-order valence-electron chi connectivity index (χ1n) is 5.60. The van der Waals surface area contributed by atoms with Gasteiger partial charge in [-0.05, 0) is 36.4 Å². The molecule has 0 bridgehead atoms. The summed E-state index contributed by atoms with van der Waals surface area (Å²) in [5.74, 6) is 0.674. The first kappa shape index (κ1) is 13.4. The van der Waals surface area contributed by atoms with Crippen molar-refractivity contribution < 1.29 is 13.2 Å². The first-order chi connectivity index (χ1) is 9.05. The molecule has 5 nitrogen and oxygen atoms in total. The van der Waals surface area contributed by atoms with Crippen molar-refractivity contribution in [3.8, 4) is 5.75 Å². The van der Waals surface area contributed by atoms with E-state index in [4.69, 9.17) is 4.74 Å². The van der Waals surface area contributed by atoms with E-state index in [9.17, 15) is 8.42 Å². The number of anilines is 1. The van der Waals surface area contributed by atoms with Gasteiger partial charge in [0.2, 0.25) is 0 Å². The van der Waals surface area contributed by atoms with Crippen LogP contribution in [0.25, 0.3) is 0 Å². The molecule has 0 radical (unpaired) electrons. The summed E-state index contributed by atoms with van der Waals surface area (Å²) in [6.45, 7) is 0. The van der Waals surface area contributed by atoms with Crippen LogP contribution in [-0.2, 0) is 10.0 Å². The first-order valence-corrected chi connectivity index (χ1v) is 7.04. The van der Waals surface area contributed by atoms with Crippen LogP contribution in [0.1, 0.15) is 0 Å². The smallest absolute Gasteiger partial charge is 0.281 e. The van der Waals surface area contributed by atoms with E-state index in [0.29, 0.717) is 11.4 Å². The number of aromatic nitrogens is 1. The highest BCUT2D eigenvalue weighted by Crippen LogP contribution is 2.23. The van der Waals surface area contributed by atoms with E-state index in [2.05, 4.69) is 4.98 Å². The summed E-state index contributed by atoms with van der Waals surface area (Å²) < 4.78 is 30.9. The summed E-state index contributed by atoms with van der Waals surface area (Å²) >= 11 is 0. The number of hydrogen-bond donors (Lipinski definition) is 0. The third kappa shape index (κ3) is 2.68. The number of sulfonamides is 1. The van der Waals surface area contributed by atoms with Gasteiger partial charge in [0.15, 0.2) is 5.03 Å². The molecular formula is C13H14N2O3S. The Kier molecular flexibility index (Phi) is 3.71. The molecule has 1 aromatic carbocycles. The minimum absolute atomic E-state index is 0.0216. The summed E-state index contributed by atoms with van der Waals surface area (Å²) in [6, 6.07) is 11.6. The molecule has 6 heteroatoms. The summed E-state index contributed by atoms with van der Waals surface area (Å²) in [5.41, 5.74) is 0.548. The van der Waals surface area contributed by atoms with Gasteiger partial charge in [-0.15, -0.1) is 0 Å². The number of ether oxygens (including phenoxy) is 1. The average molecular weight is 278 g/mol. The van der Waals surface area contributed by atoms with Gasteiger partial charge in [0, 0.05) is 13.2 Å². The highest BCUT2D eigenvalue weighted by molar-refractivity contribution is 7.92. The normalized spacial score (nSPS) is 11.1. The largest absolute Gasteiger partial charge is 0.497 e. The van der Waals surface area contributed by atoms with Crippen molar-refractivity contribution in [2.45, 2.75) is 5.03 Å². The van der Waals surface area contributed by atoms with Crippen molar-refractivity contribution in [2.24, 2.45) is 0 Å². The van der Waals surface area contributed by atoms with E-state index in [-0.39, 0.29) is 5.03 Å². The number of benzene rings is 1. The Labute approximate surface area is 112 Å². The van der Waals surface area contributed by atoms with Crippen LogP contribution in [0.15, 0.2) is 53.7 Å². The molecule has 0 aliphatic rings. The molecule has 0 saturated heterocycles. The molecule has 0 aliphatic carbocycles. The zero-order chi connectivity index (χ0) is 13.9. The topological polar surface area (TPSA) is 59.5 Å². The number of methoxy groups -OCH3 is 1. The lowest BCUT2D eigenvalue weighted by Crippen LogP contribution is -2.27. The van der Waals surface area contributed by atoms with E-state index in [1.54, 1.807) is 43.5 Å². The molecule has 0 saturated carbocycles. The Bertz CT molecular complexity index is 639. The van der Waals surface area contributed by atoms with Gasteiger partial charge in [-0.25, -0.2) is 4.98 Å². The molecule has 0 spiro atoms. The number of hydrogen-bond acceptors (Lipinski definition) is 4. The van der Waals surface area contributed by atoms with E-state index in [1.807, 2.05) is 0 Å². The Morgan fingerprint density at radius 2 is 1.79 bits per heavy atom. The molecule has 0 unspecified atom stereocenters. The third-order valence-corrected chi connectivity index (χ3v) is 4.40. The van der Waals surface area contributed by atoms with E-state index in [1.165, 1.54) is 23.6 Å². The van der Waals surface area contributed by atoms with Gasteiger partial charge in [-0.3, -0.25) is 4.31 Å². The van der Waals surface area contributed by atoms with Gasteiger partial charge >= 0.3 is 0 Å². The summed E-state index contributed by atoms with van der Waals surface area (Å²) in [6.07, 6.45) is 1.45. The number of nitrogens with zero attached hydrogens (tertiary/aromatic N) is 2. The highest BCUT2D eigenvalue weighted by Gasteiger charge is 2.22. The average Bonchev–Trinajstić information content (AvgIpc) is 2.47. The fourth-order valence-electron chi connectivity index (χ4n) is 1.57. The summed E-state index contributed by atoms with van der Waals surface area (Å²) in [7, 11) is -0.579. The van der Waals surface area contributed by atoms with Gasteiger partial charge in [0.25, 0.3) is 10.0 Å². The van der Waals surface area contributed by atoms with Crippen molar-refractivity contribution in [3.63, 3.8) is 0 Å². The monoisotopic (exact) mass is 278 g/mol. The maximum atomic E-state index is 12.3. The maximum Gasteiger partial charge on any atom is 0.281 e. The van der Waals surface area contributed by atoms with Gasteiger partial charge in [0.05, 0.1) is 12.8 Å². The molecular weight excluding hydrogens is 264 g/mol. The fraction of sp³-hybridized carbons (Fsp3) is 0.154. The van der Waals surface area contributed by atoms with Crippen LogP contribution >= 0.6 is 0 Å². The Balaban J connectivity index is 2.35. The predicted octanol–water partition coefficient (Wildman–Crippen LogP) is 1.92. The molecule has 0 N–H and O–H groups in total. The third-order valence-electron chi connectivity index (χ3n) is 2.70. The molecule has 2 aromatic rings. The minimum atomic E-state index is -3.63. The molecule has 0 amide bonds. The van der Waals surface area contributed by atoms with Crippen molar-refractivity contribution in [2.75, 3.05) is 18.5 Å². The Hall–Kier alpha value is -2.08. The second kappa shape index (κ2) is 5.27. The SMILES string of the molecule is COc1ccc(N(C)S(=O)(=O)c2ccccn2)cc1. The zero-order valence-corrected chi connectivity index (χ0v) is 11.5. The standard InChI is InChI=1S/C13H14N2O3S/c1-15(11-6-8-12(18-2)9-7-11)19(16,17)13-5-3-4-10-14-13/h3-10H,1-2H3. The van der Waals surface area contributed by atoms with E-state index in [0.717, 1.165) is 0 Å². The van der Waals surface area contributed by atoms with Crippen LogP contribution in [0.3, 0.4) is 0 Å². The molecule has 0 aliphatic heterocycles. The summed E-state index contributed by atoms with van der Waals surface area (Å²) in [4.78, 5) is 3.88. The van der Waals surface area contributed by atoms with Gasteiger partial charge in [0.1, 0.15) is 5.75 Å². The van der Waals surface area contributed by atoms with E-state index < -0.39 is 10.0 Å². The molecule has 0 atom stereocenters. The molecule has 2 rings (SSSR count). The van der Waals surface area contributed by atoms with Crippen molar-refractivity contribution >= 4 is 15.7 Å². The van der Waals surface area contributed by atoms with Crippen LogP contribution in [-0.4, -0.2) is 27.6 Å². The lowest BCUT2D eigenvalue weighted by atomic mass is 10.3. The highest BCUT2D eigenvalue weighted by atomic mass is 32.2. The lowest BCUT2D eigenvalue weighted by molar-refractivity contribution is 0.415. The maximum absolute atomic E-state index is 12.3. The number of rotatable bonds is 4. The van der Waals surface area contributed by atoms with Gasteiger partial charge in [-0.2, -0.15) is 8.42 Å². The van der Waals surface area contributed by atoms with Crippen LogP contribution < -0.4 is 9.04 Å². The quantitative estimate of drug-likeness (QED) is 0.857. The van der Waals surface area contributed by atoms with Crippen molar-refractivity contribution in [1.82, 2.24) is 4.98 Å². The number of pyridine rings is 1. The second-order valence-corrected chi connectivity index (χ2v) is 5.75. The van der Waals surface area contributed by atoms with Crippen LogP contribution in [0.5, 0.6) is 5.75 Å². The summed E-state index contributed by atoms with van der Waals surface area (Å²) in [5, 5.41) is 0.0216. The lowest BCUT2D eigenvalue weighted by Gasteiger charge is -2.18. The minimum Gasteiger partial charge on any atom is -0.497 e. The zero-order valence-electron chi connectivity index (χ0n) is 10.6. The molecule has 100 valence electrons. The van der Waals surface area contributed by atoms with Gasteiger partial charge < -0.3 is 4.74 Å². The second-order valence-electron chi connectivity index (χ2n) is 3.84. The molecule has 0 fully saturated rings. The van der Waals surface area contributed by atoms with E-state index >= 15 is 0 Å². The van der Waals surface area contributed by atoms with Gasteiger partial charge in [-0.1, -0.05) is 6.07 Å². The van der Waals surface area contributed by atoms with Crippen LogP contribution in [0.2, 0.25) is 0 Å². The van der Waals surface area contributed by atoms with Crippen molar-refractivity contribution in [3.05, 3.63) is 48.7 Å². The van der Waals surface area contributed by atoms with Crippen molar-refractivity contribution in [1.29, 1.82) is 0 Å². The fourth-order valence-corrected chi connectivity index (χ4v) is 2.70. The van der Waals surface area contributed by atoms with Crippen LogP contribution in [0.4, 0.5) is 5.69 Å². The predicted molar refractivity (Wildman–Crippen MR) is 72.8 cm³/mol. The Morgan fingerprint density at radius 1 is 1.11 bits per heavy atom. The molecule has 1 heterocycles. The molecule has 1 aromatic heterocycles. The molecule has 19 heavy (non-hydrogen) atoms. The van der Waals surface area contributed by atoms with Crippen LogP contribution in [0, 0.1) is 0 Å². The Morgan fingerprint density at radius 3 is 2.32 bits per heavy atom.